The van der Waals surface area contributed by atoms with Crippen LogP contribution in [0.15, 0.2) is 48.5 Å². The number of carbonyl (C=O) groups is 2. The lowest BCUT2D eigenvalue weighted by Gasteiger charge is -2.16. The average Bonchev–Trinajstić information content (AvgIpc) is 2.39. The van der Waals surface area contributed by atoms with Gasteiger partial charge in [-0.05, 0) is 23.3 Å². The zero-order valence-electron chi connectivity index (χ0n) is 9.64. The molecule has 18 heavy (non-hydrogen) atoms. The summed E-state index contributed by atoms with van der Waals surface area (Å²) in [6.07, 6.45) is -0.0642. The molecule has 3 heteroatoms. The van der Waals surface area contributed by atoms with Crippen LogP contribution in [-0.2, 0) is 4.79 Å². The first-order chi connectivity index (χ1) is 8.74. The van der Waals surface area contributed by atoms with E-state index in [0.717, 1.165) is 11.1 Å². The SMILES string of the molecule is O=C1CC(=O)c2cc(-c3ccccc3)ccc2N1. The quantitative estimate of drug-likeness (QED) is 0.775. The summed E-state index contributed by atoms with van der Waals surface area (Å²) in [6.45, 7) is 0. The number of anilines is 1. The van der Waals surface area contributed by atoms with E-state index in [1.807, 2.05) is 42.5 Å². The van der Waals surface area contributed by atoms with Crippen LogP contribution in [0.5, 0.6) is 0 Å². The standard InChI is InChI=1S/C15H11NO2/c17-14-9-15(18)16-13-7-6-11(8-12(13)14)10-4-2-1-3-5-10/h1-8H,9H2,(H,16,18). The van der Waals surface area contributed by atoms with E-state index in [4.69, 9.17) is 0 Å². The highest BCUT2D eigenvalue weighted by Crippen LogP contribution is 2.28. The molecule has 0 bridgehead atoms. The highest BCUT2D eigenvalue weighted by molar-refractivity contribution is 6.19. The number of rotatable bonds is 1. The normalized spacial score (nSPS) is 14.0. The van der Waals surface area contributed by atoms with E-state index in [-0.39, 0.29) is 18.1 Å². The van der Waals surface area contributed by atoms with Gasteiger partial charge in [-0.1, -0.05) is 36.4 Å². The Labute approximate surface area is 104 Å². The van der Waals surface area contributed by atoms with Crippen molar-refractivity contribution in [2.45, 2.75) is 6.42 Å². The minimum Gasteiger partial charge on any atom is -0.325 e. The lowest BCUT2D eigenvalue weighted by atomic mass is 9.96. The number of carbonyl (C=O) groups excluding carboxylic acids is 2. The van der Waals surface area contributed by atoms with Gasteiger partial charge in [0, 0.05) is 5.56 Å². The Morgan fingerprint density at radius 3 is 2.44 bits per heavy atom. The van der Waals surface area contributed by atoms with E-state index in [2.05, 4.69) is 5.32 Å². The maximum absolute atomic E-state index is 11.8. The summed E-state index contributed by atoms with van der Waals surface area (Å²) in [4.78, 5) is 23.1. The third-order valence-electron chi connectivity index (χ3n) is 3.02. The van der Waals surface area contributed by atoms with Gasteiger partial charge in [-0.15, -0.1) is 0 Å². The average molecular weight is 237 g/mol. The van der Waals surface area contributed by atoms with Crippen molar-refractivity contribution in [2.75, 3.05) is 5.32 Å². The number of nitrogens with one attached hydrogen (secondary N) is 1. The Balaban J connectivity index is 2.09. The molecule has 0 atom stereocenters. The molecule has 1 aliphatic rings. The fourth-order valence-electron chi connectivity index (χ4n) is 2.13. The van der Waals surface area contributed by atoms with Crippen LogP contribution >= 0.6 is 0 Å². The fourth-order valence-corrected chi connectivity index (χ4v) is 2.13. The van der Waals surface area contributed by atoms with E-state index >= 15 is 0 Å². The van der Waals surface area contributed by atoms with Gasteiger partial charge in [-0.25, -0.2) is 0 Å². The lowest BCUT2D eigenvalue weighted by Crippen LogP contribution is -2.23. The predicted molar refractivity (Wildman–Crippen MR) is 69.5 cm³/mol. The van der Waals surface area contributed by atoms with Crippen LogP contribution in [-0.4, -0.2) is 11.7 Å². The Kier molecular flexibility index (Phi) is 2.45. The molecule has 1 aliphatic heterocycles. The highest BCUT2D eigenvalue weighted by atomic mass is 16.2. The largest absolute Gasteiger partial charge is 0.325 e. The molecule has 0 radical (unpaired) electrons. The van der Waals surface area contributed by atoms with Crippen molar-refractivity contribution < 1.29 is 9.59 Å². The molecule has 3 rings (SSSR count). The van der Waals surface area contributed by atoms with E-state index < -0.39 is 0 Å². The maximum Gasteiger partial charge on any atom is 0.232 e. The summed E-state index contributed by atoms with van der Waals surface area (Å²) in [5.41, 5.74) is 3.25. The zero-order valence-corrected chi connectivity index (χ0v) is 9.64. The summed E-state index contributed by atoms with van der Waals surface area (Å²) in [5.74, 6) is -0.355. The van der Waals surface area contributed by atoms with Gasteiger partial charge in [0.25, 0.3) is 0 Å². The maximum atomic E-state index is 11.8. The molecule has 2 aromatic carbocycles. The second kappa shape index (κ2) is 4.11. The first-order valence-electron chi connectivity index (χ1n) is 5.76. The van der Waals surface area contributed by atoms with E-state index in [1.165, 1.54) is 0 Å². The summed E-state index contributed by atoms with van der Waals surface area (Å²) < 4.78 is 0. The van der Waals surface area contributed by atoms with Crippen LogP contribution in [0.3, 0.4) is 0 Å². The zero-order chi connectivity index (χ0) is 12.5. The molecular formula is C15H11NO2. The number of benzene rings is 2. The Morgan fingerprint density at radius 2 is 1.67 bits per heavy atom. The van der Waals surface area contributed by atoms with Crippen molar-refractivity contribution in [2.24, 2.45) is 0 Å². The molecule has 0 unspecified atom stereocenters. The molecule has 0 aliphatic carbocycles. The lowest BCUT2D eigenvalue weighted by molar-refractivity contribution is -0.115. The Morgan fingerprint density at radius 1 is 0.889 bits per heavy atom. The molecule has 88 valence electrons. The Hall–Kier alpha value is -2.42. The number of amides is 1. The summed E-state index contributed by atoms with van der Waals surface area (Å²) >= 11 is 0. The molecule has 0 fully saturated rings. The first-order valence-corrected chi connectivity index (χ1v) is 5.76. The molecule has 0 saturated carbocycles. The third kappa shape index (κ3) is 1.80. The summed E-state index contributed by atoms with van der Waals surface area (Å²) in [6, 6.07) is 15.4. The van der Waals surface area contributed by atoms with Crippen molar-refractivity contribution in [3.63, 3.8) is 0 Å². The second-order valence-corrected chi connectivity index (χ2v) is 4.27. The van der Waals surface area contributed by atoms with Crippen molar-refractivity contribution in [1.82, 2.24) is 0 Å². The Bertz CT molecular complexity index is 632. The van der Waals surface area contributed by atoms with Gasteiger partial charge >= 0.3 is 0 Å². The minimum atomic E-state index is -0.236. The van der Waals surface area contributed by atoms with Gasteiger partial charge < -0.3 is 5.32 Å². The number of fused-ring (bicyclic) bond motifs is 1. The van der Waals surface area contributed by atoms with Crippen molar-refractivity contribution in [3.8, 4) is 11.1 Å². The van der Waals surface area contributed by atoms with Gasteiger partial charge in [0.2, 0.25) is 5.91 Å². The molecule has 1 amide bonds. The van der Waals surface area contributed by atoms with Gasteiger partial charge in [-0.2, -0.15) is 0 Å². The van der Waals surface area contributed by atoms with Crippen molar-refractivity contribution >= 4 is 17.4 Å². The smallest absolute Gasteiger partial charge is 0.232 e. The predicted octanol–water partition coefficient (Wildman–Crippen LogP) is 2.88. The number of hydrogen-bond donors (Lipinski definition) is 1. The van der Waals surface area contributed by atoms with Crippen LogP contribution in [0.1, 0.15) is 16.8 Å². The van der Waals surface area contributed by atoms with E-state index in [9.17, 15) is 9.59 Å². The number of ketones is 1. The van der Waals surface area contributed by atoms with Crippen LogP contribution in [0.4, 0.5) is 5.69 Å². The molecule has 0 saturated heterocycles. The molecule has 1 N–H and O–H groups in total. The topological polar surface area (TPSA) is 46.2 Å². The van der Waals surface area contributed by atoms with Gasteiger partial charge in [-0.3, -0.25) is 9.59 Å². The molecule has 3 nitrogen and oxygen atoms in total. The third-order valence-corrected chi connectivity index (χ3v) is 3.02. The number of Topliss-reactive ketones (excluding diaryl/α,β-unsaturated/α-hetero) is 1. The van der Waals surface area contributed by atoms with Crippen LogP contribution in [0.2, 0.25) is 0 Å². The molecule has 0 spiro atoms. The number of hydrogen-bond acceptors (Lipinski definition) is 2. The van der Waals surface area contributed by atoms with Gasteiger partial charge in [0.15, 0.2) is 5.78 Å². The highest BCUT2D eigenvalue weighted by Gasteiger charge is 2.22. The molecule has 0 aromatic heterocycles. The monoisotopic (exact) mass is 237 g/mol. The van der Waals surface area contributed by atoms with Crippen molar-refractivity contribution in [3.05, 3.63) is 54.1 Å². The van der Waals surface area contributed by atoms with Crippen molar-refractivity contribution in [1.29, 1.82) is 0 Å². The fraction of sp³-hybridized carbons (Fsp3) is 0.0667. The van der Waals surface area contributed by atoms with Crippen LogP contribution in [0, 0.1) is 0 Å². The van der Waals surface area contributed by atoms with E-state index in [0.29, 0.717) is 11.3 Å². The minimum absolute atomic E-state index is 0.0642. The summed E-state index contributed by atoms with van der Waals surface area (Å²) in [5, 5.41) is 2.71. The molecular weight excluding hydrogens is 226 g/mol. The van der Waals surface area contributed by atoms with Crippen LogP contribution < -0.4 is 5.32 Å². The van der Waals surface area contributed by atoms with Gasteiger partial charge in [0.05, 0.1) is 12.1 Å². The van der Waals surface area contributed by atoms with E-state index in [1.54, 1.807) is 6.07 Å². The first kappa shape index (κ1) is 10.7. The molecule has 2 aromatic rings. The molecule has 1 heterocycles. The van der Waals surface area contributed by atoms with Gasteiger partial charge in [0.1, 0.15) is 0 Å². The summed E-state index contributed by atoms with van der Waals surface area (Å²) in [7, 11) is 0. The second-order valence-electron chi connectivity index (χ2n) is 4.27. The van der Waals surface area contributed by atoms with Crippen LogP contribution in [0.25, 0.3) is 11.1 Å².